The van der Waals surface area contributed by atoms with Gasteiger partial charge in [0.15, 0.2) is 11.5 Å². The molecule has 1 aliphatic rings. The molecule has 0 fully saturated rings. The van der Waals surface area contributed by atoms with Crippen LogP contribution >= 0.6 is 0 Å². The van der Waals surface area contributed by atoms with Crippen LogP contribution in [0.3, 0.4) is 0 Å². The predicted molar refractivity (Wildman–Crippen MR) is 101 cm³/mol. The van der Waals surface area contributed by atoms with Crippen LogP contribution in [0.15, 0.2) is 41.7 Å². The first-order chi connectivity index (χ1) is 12.5. The largest absolute Gasteiger partial charge is 0.382 e. The Morgan fingerprint density at radius 3 is 2.42 bits per heavy atom. The van der Waals surface area contributed by atoms with Crippen molar-refractivity contribution < 1.29 is 9.59 Å². The van der Waals surface area contributed by atoms with Gasteiger partial charge in [-0.15, -0.1) is 0 Å². The quantitative estimate of drug-likeness (QED) is 0.782. The van der Waals surface area contributed by atoms with Gasteiger partial charge in [0, 0.05) is 30.7 Å². The molecule has 3 rings (SSSR count). The second-order valence-electron chi connectivity index (χ2n) is 5.73. The topological polar surface area (TPSA) is 122 Å². The van der Waals surface area contributed by atoms with E-state index < -0.39 is 5.91 Å². The number of aliphatic imine (C=N–C) groups is 1. The summed E-state index contributed by atoms with van der Waals surface area (Å²) < 4.78 is 0. The van der Waals surface area contributed by atoms with Crippen molar-refractivity contribution in [2.45, 2.75) is 19.8 Å². The standard InChI is InChI=1S/C18H18N6O2/c1-11(25)22-13-4-6-14(7-5-13)23-18(26)16-17(19)21-10-15(24-16)12-3-2-8-20-9-12/h4-10H,2-3H2,1H3,(H2,19,21)(H,22,25)(H,23,26). The maximum absolute atomic E-state index is 12.5. The summed E-state index contributed by atoms with van der Waals surface area (Å²) >= 11 is 0. The number of benzene rings is 1. The number of carbonyl (C=O) groups is 2. The first-order valence-corrected chi connectivity index (χ1v) is 8.05. The fourth-order valence-electron chi connectivity index (χ4n) is 2.45. The molecule has 1 aromatic heterocycles. The highest BCUT2D eigenvalue weighted by Crippen LogP contribution is 2.22. The van der Waals surface area contributed by atoms with Gasteiger partial charge in [-0.2, -0.15) is 0 Å². The normalized spacial score (nSPS) is 13.0. The van der Waals surface area contributed by atoms with E-state index in [9.17, 15) is 9.59 Å². The molecule has 0 atom stereocenters. The Bertz CT molecular complexity index is 902. The van der Waals surface area contributed by atoms with Gasteiger partial charge in [0.1, 0.15) is 0 Å². The smallest absolute Gasteiger partial charge is 0.278 e. The Morgan fingerprint density at radius 1 is 1.12 bits per heavy atom. The number of rotatable bonds is 4. The lowest BCUT2D eigenvalue weighted by Gasteiger charge is -2.11. The van der Waals surface area contributed by atoms with Crippen molar-refractivity contribution in [3.8, 4) is 0 Å². The van der Waals surface area contributed by atoms with Crippen molar-refractivity contribution in [2.24, 2.45) is 4.99 Å². The van der Waals surface area contributed by atoms with Gasteiger partial charge in [-0.1, -0.05) is 0 Å². The molecular formula is C18H18N6O2. The summed E-state index contributed by atoms with van der Waals surface area (Å²) in [6.07, 6.45) is 6.69. The van der Waals surface area contributed by atoms with Crippen molar-refractivity contribution in [1.82, 2.24) is 9.97 Å². The Morgan fingerprint density at radius 2 is 1.81 bits per heavy atom. The molecule has 0 aliphatic carbocycles. The number of hydrogen-bond donors (Lipinski definition) is 3. The third-order valence-electron chi connectivity index (χ3n) is 3.69. The van der Waals surface area contributed by atoms with Crippen molar-refractivity contribution in [2.75, 3.05) is 16.4 Å². The summed E-state index contributed by atoms with van der Waals surface area (Å²) in [5, 5.41) is 5.38. The first kappa shape index (κ1) is 17.3. The number of nitrogen functional groups attached to an aromatic ring is 1. The lowest BCUT2D eigenvalue weighted by Crippen LogP contribution is -2.18. The van der Waals surface area contributed by atoms with E-state index in [-0.39, 0.29) is 17.4 Å². The van der Waals surface area contributed by atoms with E-state index in [1.807, 2.05) is 6.21 Å². The van der Waals surface area contributed by atoms with Gasteiger partial charge in [-0.05, 0) is 42.7 Å². The zero-order chi connectivity index (χ0) is 18.5. The molecule has 0 unspecified atom stereocenters. The predicted octanol–water partition coefficient (Wildman–Crippen LogP) is 2.47. The van der Waals surface area contributed by atoms with Crippen LogP contribution in [-0.2, 0) is 4.79 Å². The van der Waals surface area contributed by atoms with Gasteiger partial charge >= 0.3 is 0 Å². The van der Waals surface area contributed by atoms with Crippen LogP contribution < -0.4 is 16.4 Å². The molecule has 1 aromatic carbocycles. The van der Waals surface area contributed by atoms with Crippen LogP contribution in [-0.4, -0.2) is 28.0 Å². The fourth-order valence-corrected chi connectivity index (χ4v) is 2.45. The lowest BCUT2D eigenvalue weighted by atomic mass is 10.1. The van der Waals surface area contributed by atoms with Gasteiger partial charge < -0.3 is 16.4 Å². The third-order valence-corrected chi connectivity index (χ3v) is 3.69. The number of allylic oxidation sites excluding steroid dienone is 1. The molecular weight excluding hydrogens is 332 g/mol. The highest BCUT2D eigenvalue weighted by Gasteiger charge is 2.16. The maximum Gasteiger partial charge on any atom is 0.278 e. The zero-order valence-electron chi connectivity index (χ0n) is 14.2. The van der Waals surface area contributed by atoms with E-state index in [0.29, 0.717) is 17.1 Å². The molecule has 4 N–H and O–H groups in total. The second kappa shape index (κ2) is 7.56. The molecule has 0 bridgehead atoms. The van der Waals surface area contributed by atoms with Crippen LogP contribution in [0.4, 0.5) is 17.2 Å². The summed E-state index contributed by atoms with van der Waals surface area (Å²) in [5.41, 5.74) is 8.57. The summed E-state index contributed by atoms with van der Waals surface area (Å²) in [4.78, 5) is 36.1. The molecule has 2 amide bonds. The van der Waals surface area contributed by atoms with Crippen molar-refractivity contribution in [3.63, 3.8) is 0 Å². The molecule has 132 valence electrons. The highest BCUT2D eigenvalue weighted by atomic mass is 16.2. The molecule has 0 spiro atoms. The Hall–Kier alpha value is -3.55. The molecule has 0 radical (unpaired) electrons. The summed E-state index contributed by atoms with van der Waals surface area (Å²) in [6, 6.07) is 6.73. The number of carbonyl (C=O) groups excluding carboxylic acids is 2. The van der Waals surface area contributed by atoms with E-state index in [1.165, 1.54) is 6.92 Å². The van der Waals surface area contributed by atoms with Gasteiger partial charge in [0.05, 0.1) is 11.9 Å². The average molecular weight is 350 g/mol. The Balaban J connectivity index is 1.78. The minimum absolute atomic E-state index is 0.0565. The molecule has 8 nitrogen and oxygen atoms in total. The van der Waals surface area contributed by atoms with Crippen molar-refractivity contribution in [1.29, 1.82) is 0 Å². The summed E-state index contributed by atoms with van der Waals surface area (Å²) in [5.74, 6) is -0.562. The number of anilines is 3. The van der Waals surface area contributed by atoms with E-state index >= 15 is 0 Å². The molecule has 1 aliphatic heterocycles. The molecule has 26 heavy (non-hydrogen) atoms. The molecule has 0 saturated heterocycles. The van der Waals surface area contributed by atoms with Crippen LogP contribution in [0.1, 0.15) is 35.9 Å². The van der Waals surface area contributed by atoms with Crippen molar-refractivity contribution in [3.05, 3.63) is 48.1 Å². The monoisotopic (exact) mass is 350 g/mol. The number of nitrogens with one attached hydrogen (secondary N) is 2. The number of amides is 2. The van der Waals surface area contributed by atoms with E-state index in [4.69, 9.17) is 5.73 Å². The fraction of sp³-hybridized carbons (Fsp3) is 0.167. The molecule has 8 heteroatoms. The van der Waals surface area contributed by atoms with Gasteiger partial charge in [-0.3, -0.25) is 14.6 Å². The highest BCUT2D eigenvalue weighted by molar-refractivity contribution is 6.06. The molecule has 0 saturated carbocycles. The maximum atomic E-state index is 12.5. The number of hydrogen-bond acceptors (Lipinski definition) is 6. The van der Waals surface area contributed by atoms with E-state index in [1.54, 1.807) is 36.7 Å². The van der Waals surface area contributed by atoms with Gasteiger partial charge in [0.2, 0.25) is 5.91 Å². The number of nitrogens with zero attached hydrogens (tertiary/aromatic N) is 3. The average Bonchev–Trinajstić information content (AvgIpc) is 2.64. The minimum atomic E-state index is -0.455. The summed E-state index contributed by atoms with van der Waals surface area (Å²) in [6.45, 7) is 1.43. The SMILES string of the molecule is CC(=O)Nc1ccc(NC(=O)c2nc(C3=CN=CCC3)cnc2N)cc1. The second-order valence-corrected chi connectivity index (χ2v) is 5.73. The van der Waals surface area contributed by atoms with Crippen LogP contribution in [0.25, 0.3) is 5.57 Å². The molecule has 2 aromatic rings. The van der Waals surface area contributed by atoms with Crippen LogP contribution in [0.5, 0.6) is 0 Å². The first-order valence-electron chi connectivity index (χ1n) is 8.05. The third kappa shape index (κ3) is 4.10. The number of nitrogens with two attached hydrogens (primary N) is 1. The lowest BCUT2D eigenvalue weighted by molar-refractivity contribution is -0.114. The minimum Gasteiger partial charge on any atom is -0.382 e. The van der Waals surface area contributed by atoms with Crippen LogP contribution in [0.2, 0.25) is 0 Å². The molecule has 2 heterocycles. The van der Waals surface area contributed by atoms with Crippen LogP contribution in [0, 0.1) is 0 Å². The van der Waals surface area contributed by atoms with Gasteiger partial charge in [-0.25, -0.2) is 9.97 Å². The van der Waals surface area contributed by atoms with Crippen molar-refractivity contribution >= 4 is 40.8 Å². The van der Waals surface area contributed by atoms with E-state index in [0.717, 1.165) is 18.4 Å². The Kier molecular flexibility index (Phi) is 5.02. The Labute approximate surface area is 150 Å². The van der Waals surface area contributed by atoms with Gasteiger partial charge in [0.25, 0.3) is 5.91 Å². The van der Waals surface area contributed by atoms with E-state index in [2.05, 4.69) is 25.6 Å². The zero-order valence-corrected chi connectivity index (χ0v) is 14.2. The summed E-state index contributed by atoms with van der Waals surface area (Å²) in [7, 11) is 0. The number of aromatic nitrogens is 2.